The lowest BCUT2D eigenvalue weighted by Gasteiger charge is -2.13. The highest BCUT2D eigenvalue weighted by atomic mass is 35.5. The maximum Gasteiger partial charge on any atom is 0.0223 e. The average Bonchev–Trinajstić information content (AvgIpc) is 2.15. The van der Waals surface area contributed by atoms with Gasteiger partial charge < -0.3 is 0 Å². The van der Waals surface area contributed by atoms with Gasteiger partial charge in [0.2, 0.25) is 0 Å². The van der Waals surface area contributed by atoms with Crippen LogP contribution in [0.1, 0.15) is 36.8 Å². The van der Waals surface area contributed by atoms with Crippen molar-refractivity contribution < 1.29 is 0 Å². The molecule has 72 valence electrons. The van der Waals surface area contributed by atoms with E-state index >= 15 is 0 Å². The Morgan fingerprint density at radius 1 is 1.31 bits per heavy atom. The second-order valence-electron chi connectivity index (χ2n) is 3.59. The molecule has 1 heteroatoms. The van der Waals surface area contributed by atoms with E-state index in [2.05, 4.69) is 38.1 Å². The molecule has 0 spiro atoms. The molecular weight excluding hydrogens is 180 g/mol. The molecule has 1 unspecified atom stereocenters. The van der Waals surface area contributed by atoms with Crippen molar-refractivity contribution in [2.45, 2.75) is 32.6 Å². The molecule has 0 N–H and O–H groups in total. The van der Waals surface area contributed by atoms with Gasteiger partial charge >= 0.3 is 0 Å². The van der Waals surface area contributed by atoms with Crippen LogP contribution in [-0.4, -0.2) is 5.88 Å². The molecule has 0 heterocycles. The Balaban J connectivity index is 2.65. The van der Waals surface area contributed by atoms with E-state index in [1.54, 1.807) is 0 Å². The minimum absolute atomic E-state index is 0.639. The van der Waals surface area contributed by atoms with Crippen molar-refractivity contribution in [1.29, 1.82) is 0 Å². The summed E-state index contributed by atoms with van der Waals surface area (Å²) in [6.07, 6.45) is 2.30. The van der Waals surface area contributed by atoms with Gasteiger partial charge in [0.25, 0.3) is 0 Å². The second kappa shape index (κ2) is 5.29. The first-order valence-corrected chi connectivity index (χ1v) is 5.40. The Morgan fingerprint density at radius 2 is 2.00 bits per heavy atom. The smallest absolute Gasteiger partial charge is 0.0223 e. The van der Waals surface area contributed by atoms with E-state index in [-0.39, 0.29) is 0 Å². The Kier molecular flexibility index (Phi) is 4.31. The molecule has 0 radical (unpaired) electrons. The number of hydrogen-bond donors (Lipinski definition) is 0. The lowest BCUT2D eigenvalue weighted by Crippen LogP contribution is -1.96. The summed E-state index contributed by atoms with van der Waals surface area (Å²) < 4.78 is 0. The van der Waals surface area contributed by atoms with Crippen molar-refractivity contribution in [3.63, 3.8) is 0 Å². The first-order chi connectivity index (χ1) is 6.25. The highest BCUT2D eigenvalue weighted by molar-refractivity contribution is 6.17. The molecule has 0 bridgehead atoms. The van der Waals surface area contributed by atoms with Gasteiger partial charge in [0.05, 0.1) is 0 Å². The van der Waals surface area contributed by atoms with Crippen LogP contribution in [0.2, 0.25) is 0 Å². The Hall–Kier alpha value is -0.490. The molecule has 0 amide bonds. The Bertz CT molecular complexity index is 255. The summed E-state index contributed by atoms with van der Waals surface area (Å²) in [5.74, 6) is 1.41. The third-order valence-corrected chi connectivity index (χ3v) is 2.76. The molecule has 0 aliphatic heterocycles. The molecule has 1 aromatic rings. The summed E-state index contributed by atoms with van der Waals surface area (Å²) >= 11 is 5.67. The third-order valence-electron chi connectivity index (χ3n) is 2.49. The zero-order chi connectivity index (χ0) is 9.68. The summed E-state index contributed by atoms with van der Waals surface area (Å²) in [5, 5.41) is 0. The van der Waals surface area contributed by atoms with Gasteiger partial charge in [-0.1, -0.05) is 31.2 Å². The maximum atomic E-state index is 5.67. The fraction of sp³-hybridized carbons (Fsp3) is 0.500. The quantitative estimate of drug-likeness (QED) is 0.636. The number of rotatable bonds is 4. The van der Waals surface area contributed by atoms with Gasteiger partial charge in [-0.15, -0.1) is 11.6 Å². The van der Waals surface area contributed by atoms with Crippen LogP contribution in [0.25, 0.3) is 0 Å². The molecule has 0 fully saturated rings. The van der Waals surface area contributed by atoms with Crippen LogP contribution in [-0.2, 0) is 0 Å². The van der Waals surface area contributed by atoms with Crippen LogP contribution in [0.15, 0.2) is 24.3 Å². The predicted molar refractivity (Wildman–Crippen MR) is 59.5 cm³/mol. The average molecular weight is 197 g/mol. The largest absolute Gasteiger partial charge is 0.127 e. The van der Waals surface area contributed by atoms with E-state index in [0.29, 0.717) is 5.92 Å². The van der Waals surface area contributed by atoms with Crippen molar-refractivity contribution in [2.75, 3.05) is 5.88 Å². The van der Waals surface area contributed by atoms with Gasteiger partial charge in [-0.05, 0) is 36.8 Å². The molecule has 13 heavy (non-hydrogen) atoms. The number of benzene rings is 1. The van der Waals surface area contributed by atoms with Crippen molar-refractivity contribution in [1.82, 2.24) is 0 Å². The monoisotopic (exact) mass is 196 g/mol. The molecule has 0 aliphatic carbocycles. The molecule has 1 atom stereocenters. The van der Waals surface area contributed by atoms with Crippen LogP contribution >= 0.6 is 11.6 Å². The topological polar surface area (TPSA) is 0 Å². The first kappa shape index (κ1) is 10.6. The van der Waals surface area contributed by atoms with Crippen molar-refractivity contribution in [2.24, 2.45) is 0 Å². The van der Waals surface area contributed by atoms with Crippen LogP contribution in [0.3, 0.4) is 0 Å². The highest BCUT2D eigenvalue weighted by Crippen LogP contribution is 2.23. The molecule has 0 saturated heterocycles. The van der Waals surface area contributed by atoms with E-state index < -0.39 is 0 Å². The van der Waals surface area contributed by atoms with Crippen LogP contribution in [0.5, 0.6) is 0 Å². The molecule has 0 aliphatic rings. The fourth-order valence-corrected chi connectivity index (χ4v) is 1.83. The maximum absolute atomic E-state index is 5.67. The van der Waals surface area contributed by atoms with E-state index in [0.717, 1.165) is 12.3 Å². The summed E-state index contributed by atoms with van der Waals surface area (Å²) in [5.41, 5.74) is 2.86. The normalized spacial score (nSPS) is 12.8. The van der Waals surface area contributed by atoms with Crippen molar-refractivity contribution in [3.05, 3.63) is 35.4 Å². The van der Waals surface area contributed by atoms with E-state index in [1.807, 2.05) is 0 Å². The van der Waals surface area contributed by atoms with Gasteiger partial charge in [0, 0.05) is 5.88 Å². The van der Waals surface area contributed by atoms with Gasteiger partial charge in [-0.25, -0.2) is 0 Å². The fourth-order valence-electron chi connectivity index (χ4n) is 1.68. The molecule has 1 rings (SSSR count). The number of aryl methyl sites for hydroxylation is 1. The SMILES string of the molecule is Cc1ccccc1C(C)CCCCl. The molecule has 0 saturated carbocycles. The number of halogens is 1. The molecular formula is C12H17Cl. The van der Waals surface area contributed by atoms with E-state index in [9.17, 15) is 0 Å². The lowest BCUT2D eigenvalue weighted by molar-refractivity contribution is 0.664. The predicted octanol–water partition coefficient (Wildman–Crippen LogP) is 4.12. The second-order valence-corrected chi connectivity index (χ2v) is 3.97. The third kappa shape index (κ3) is 3.04. The van der Waals surface area contributed by atoms with Crippen LogP contribution in [0.4, 0.5) is 0 Å². The molecule has 1 aromatic carbocycles. The highest BCUT2D eigenvalue weighted by Gasteiger charge is 2.06. The van der Waals surface area contributed by atoms with Crippen LogP contribution in [0, 0.1) is 6.92 Å². The van der Waals surface area contributed by atoms with Crippen LogP contribution < -0.4 is 0 Å². The van der Waals surface area contributed by atoms with Gasteiger partial charge in [-0.2, -0.15) is 0 Å². The van der Waals surface area contributed by atoms with E-state index in [4.69, 9.17) is 11.6 Å². The first-order valence-electron chi connectivity index (χ1n) is 4.87. The van der Waals surface area contributed by atoms with Gasteiger partial charge in [0.15, 0.2) is 0 Å². The molecule has 0 nitrogen and oxygen atoms in total. The van der Waals surface area contributed by atoms with Gasteiger partial charge in [0.1, 0.15) is 0 Å². The van der Waals surface area contributed by atoms with Crippen molar-refractivity contribution in [3.8, 4) is 0 Å². The lowest BCUT2D eigenvalue weighted by atomic mass is 9.93. The number of hydrogen-bond acceptors (Lipinski definition) is 0. The van der Waals surface area contributed by atoms with Gasteiger partial charge in [-0.3, -0.25) is 0 Å². The molecule has 0 aromatic heterocycles. The Labute approximate surface area is 85.9 Å². The summed E-state index contributed by atoms with van der Waals surface area (Å²) in [6, 6.07) is 8.59. The summed E-state index contributed by atoms with van der Waals surface area (Å²) in [4.78, 5) is 0. The summed E-state index contributed by atoms with van der Waals surface area (Å²) in [6.45, 7) is 4.45. The van der Waals surface area contributed by atoms with E-state index in [1.165, 1.54) is 17.5 Å². The Morgan fingerprint density at radius 3 is 2.62 bits per heavy atom. The van der Waals surface area contributed by atoms with Crippen molar-refractivity contribution >= 4 is 11.6 Å². The minimum atomic E-state index is 0.639. The standard InChI is InChI=1S/C12H17Cl/c1-10-6-3-4-8-12(10)11(2)7-5-9-13/h3-4,6,8,11H,5,7,9H2,1-2H3. The number of alkyl halides is 1. The zero-order valence-electron chi connectivity index (χ0n) is 8.39. The summed E-state index contributed by atoms with van der Waals surface area (Å²) in [7, 11) is 0. The zero-order valence-corrected chi connectivity index (χ0v) is 9.14. The minimum Gasteiger partial charge on any atom is -0.127 e.